The van der Waals surface area contributed by atoms with Crippen molar-refractivity contribution in [3.8, 4) is 0 Å². The van der Waals surface area contributed by atoms with Gasteiger partial charge in [-0.15, -0.1) is 0 Å². The van der Waals surface area contributed by atoms with Crippen LogP contribution < -0.4 is 5.32 Å². The van der Waals surface area contributed by atoms with E-state index in [-0.39, 0.29) is 18.1 Å². The number of H-pyrrole nitrogens is 1. The van der Waals surface area contributed by atoms with E-state index in [1.807, 2.05) is 24.8 Å². The van der Waals surface area contributed by atoms with E-state index in [4.69, 9.17) is 4.74 Å². The molecular formula is C18H31N5O2. The highest BCUT2D eigenvalue weighted by molar-refractivity contribution is 5.75. The first-order valence-corrected chi connectivity index (χ1v) is 9.42. The van der Waals surface area contributed by atoms with E-state index in [1.165, 1.54) is 0 Å². The second-order valence-corrected chi connectivity index (χ2v) is 7.48. The molecule has 0 saturated carbocycles. The van der Waals surface area contributed by atoms with Crippen LogP contribution >= 0.6 is 0 Å². The van der Waals surface area contributed by atoms with Gasteiger partial charge in [-0.05, 0) is 39.7 Å². The minimum atomic E-state index is 0.0406. The quantitative estimate of drug-likeness (QED) is 0.865. The van der Waals surface area contributed by atoms with Gasteiger partial charge in [0, 0.05) is 63.1 Å². The summed E-state index contributed by atoms with van der Waals surface area (Å²) in [4.78, 5) is 17.2. The third-order valence-electron chi connectivity index (χ3n) is 5.27. The summed E-state index contributed by atoms with van der Waals surface area (Å²) in [5, 5.41) is 10.3. The summed E-state index contributed by atoms with van der Waals surface area (Å²) in [6.07, 6.45) is 2.96. The number of piperazine rings is 1. The Morgan fingerprint density at radius 2 is 2.20 bits per heavy atom. The van der Waals surface area contributed by atoms with Gasteiger partial charge < -0.3 is 15.0 Å². The topological polar surface area (TPSA) is 73.5 Å². The number of nitrogens with zero attached hydrogens (tertiary/aromatic N) is 3. The predicted molar refractivity (Wildman–Crippen MR) is 96.6 cm³/mol. The van der Waals surface area contributed by atoms with E-state index in [9.17, 15) is 4.79 Å². The van der Waals surface area contributed by atoms with E-state index in [0.717, 1.165) is 63.5 Å². The molecule has 1 aromatic heterocycles. The lowest BCUT2D eigenvalue weighted by Crippen LogP contribution is -2.59. The molecular weight excluding hydrogens is 318 g/mol. The van der Waals surface area contributed by atoms with Gasteiger partial charge in [0.15, 0.2) is 0 Å². The summed E-state index contributed by atoms with van der Waals surface area (Å²) in [5.41, 5.74) is 2.04. The smallest absolute Gasteiger partial charge is 0.317 e. The van der Waals surface area contributed by atoms with Crippen LogP contribution in [-0.2, 0) is 11.2 Å². The SMILES string of the molecule is Cc1cc(CC(C)NC(=O)N2CCN(C3CCOCC3)C[C@@H]2C)n[nH]1. The number of carbonyl (C=O) groups is 1. The third-order valence-corrected chi connectivity index (χ3v) is 5.27. The number of rotatable bonds is 4. The fourth-order valence-electron chi connectivity index (χ4n) is 3.91. The highest BCUT2D eigenvalue weighted by atomic mass is 16.5. The molecule has 25 heavy (non-hydrogen) atoms. The molecule has 2 saturated heterocycles. The van der Waals surface area contributed by atoms with Gasteiger partial charge in [0.05, 0.1) is 5.69 Å². The van der Waals surface area contributed by atoms with E-state index < -0.39 is 0 Å². The van der Waals surface area contributed by atoms with Crippen molar-refractivity contribution in [1.82, 2.24) is 25.3 Å². The number of aromatic nitrogens is 2. The Morgan fingerprint density at radius 1 is 1.44 bits per heavy atom. The third kappa shape index (κ3) is 4.73. The largest absolute Gasteiger partial charge is 0.381 e. The van der Waals surface area contributed by atoms with Gasteiger partial charge in [0.2, 0.25) is 0 Å². The molecule has 2 amide bonds. The van der Waals surface area contributed by atoms with Crippen molar-refractivity contribution in [3.63, 3.8) is 0 Å². The molecule has 3 heterocycles. The summed E-state index contributed by atoms with van der Waals surface area (Å²) in [7, 11) is 0. The van der Waals surface area contributed by atoms with Crippen molar-refractivity contribution < 1.29 is 9.53 Å². The maximum Gasteiger partial charge on any atom is 0.317 e. The molecule has 0 aromatic carbocycles. The second kappa shape index (κ2) is 8.19. The van der Waals surface area contributed by atoms with Crippen LogP contribution in [0.15, 0.2) is 6.07 Å². The van der Waals surface area contributed by atoms with Crippen LogP contribution in [0.5, 0.6) is 0 Å². The first-order valence-electron chi connectivity index (χ1n) is 9.42. The van der Waals surface area contributed by atoms with Crippen molar-refractivity contribution in [2.24, 2.45) is 0 Å². The zero-order valence-electron chi connectivity index (χ0n) is 15.6. The number of nitrogens with one attached hydrogen (secondary N) is 2. The summed E-state index contributed by atoms with van der Waals surface area (Å²) in [6, 6.07) is 2.98. The van der Waals surface area contributed by atoms with Crippen LogP contribution in [0.1, 0.15) is 38.1 Å². The molecule has 1 aromatic rings. The zero-order valence-corrected chi connectivity index (χ0v) is 15.6. The van der Waals surface area contributed by atoms with E-state index in [1.54, 1.807) is 0 Å². The molecule has 2 fully saturated rings. The summed E-state index contributed by atoms with van der Waals surface area (Å²) in [5.74, 6) is 0. The molecule has 3 rings (SSSR count). The van der Waals surface area contributed by atoms with Crippen LogP contribution in [-0.4, -0.2) is 77.0 Å². The van der Waals surface area contributed by atoms with Gasteiger partial charge in [0.25, 0.3) is 0 Å². The number of ether oxygens (including phenoxy) is 1. The van der Waals surface area contributed by atoms with Gasteiger partial charge >= 0.3 is 6.03 Å². The number of aryl methyl sites for hydroxylation is 1. The Labute approximate surface area is 150 Å². The van der Waals surface area contributed by atoms with E-state index in [2.05, 4.69) is 27.3 Å². The van der Waals surface area contributed by atoms with Crippen molar-refractivity contribution in [2.75, 3.05) is 32.8 Å². The number of hydrogen-bond acceptors (Lipinski definition) is 4. The first-order chi connectivity index (χ1) is 12.0. The average Bonchev–Trinajstić information content (AvgIpc) is 3.00. The molecule has 0 bridgehead atoms. The average molecular weight is 349 g/mol. The Hall–Kier alpha value is -1.60. The molecule has 7 heteroatoms. The standard InChI is InChI=1S/C18H31N5O2/c1-13(10-16-11-14(2)20-21-16)19-18(24)23-7-6-22(12-15(23)3)17-4-8-25-9-5-17/h11,13,15,17H,4-10,12H2,1-3H3,(H,19,24)(H,20,21)/t13?,15-/m0/s1. The molecule has 0 spiro atoms. The van der Waals surface area contributed by atoms with E-state index in [0.29, 0.717) is 6.04 Å². The lowest BCUT2D eigenvalue weighted by molar-refractivity contribution is 0.00683. The molecule has 7 nitrogen and oxygen atoms in total. The number of aromatic amines is 1. The van der Waals surface area contributed by atoms with Crippen LogP contribution in [0.3, 0.4) is 0 Å². The van der Waals surface area contributed by atoms with Gasteiger partial charge in [-0.1, -0.05) is 0 Å². The summed E-state index contributed by atoms with van der Waals surface area (Å²) in [6.45, 7) is 10.6. The van der Waals surface area contributed by atoms with Gasteiger partial charge in [-0.3, -0.25) is 10.00 Å². The normalized spacial score (nSPS) is 24.3. The highest BCUT2D eigenvalue weighted by Gasteiger charge is 2.32. The van der Waals surface area contributed by atoms with Crippen molar-refractivity contribution in [3.05, 3.63) is 17.5 Å². The zero-order chi connectivity index (χ0) is 17.8. The summed E-state index contributed by atoms with van der Waals surface area (Å²) >= 11 is 0. The number of amides is 2. The minimum Gasteiger partial charge on any atom is -0.381 e. The molecule has 2 atom stereocenters. The second-order valence-electron chi connectivity index (χ2n) is 7.48. The number of hydrogen-bond donors (Lipinski definition) is 2. The fourth-order valence-corrected chi connectivity index (χ4v) is 3.91. The Bertz CT molecular complexity index is 570. The Morgan fingerprint density at radius 3 is 2.84 bits per heavy atom. The maximum atomic E-state index is 12.6. The molecule has 2 aliphatic rings. The van der Waals surface area contributed by atoms with Crippen LogP contribution in [0, 0.1) is 6.92 Å². The molecule has 2 N–H and O–H groups in total. The highest BCUT2D eigenvalue weighted by Crippen LogP contribution is 2.19. The van der Waals surface area contributed by atoms with Gasteiger partial charge in [0.1, 0.15) is 0 Å². The van der Waals surface area contributed by atoms with E-state index >= 15 is 0 Å². The Kier molecular flexibility index (Phi) is 5.96. The van der Waals surface area contributed by atoms with Crippen LogP contribution in [0.25, 0.3) is 0 Å². The number of urea groups is 1. The molecule has 0 radical (unpaired) electrons. The summed E-state index contributed by atoms with van der Waals surface area (Å²) < 4.78 is 5.46. The first kappa shape index (κ1) is 18.2. The van der Waals surface area contributed by atoms with Gasteiger partial charge in [-0.25, -0.2) is 4.79 Å². The molecule has 2 aliphatic heterocycles. The van der Waals surface area contributed by atoms with Crippen molar-refractivity contribution in [1.29, 1.82) is 0 Å². The number of carbonyl (C=O) groups excluding carboxylic acids is 1. The Balaban J connectivity index is 1.47. The lowest BCUT2D eigenvalue weighted by atomic mass is 10.0. The maximum absolute atomic E-state index is 12.6. The molecule has 140 valence electrons. The predicted octanol–water partition coefficient (Wildman–Crippen LogP) is 1.54. The van der Waals surface area contributed by atoms with Gasteiger partial charge in [-0.2, -0.15) is 5.10 Å². The minimum absolute atomic E-state index is 0.0406. The molecule has 0 aliphatic carbocycles. The fraction of sp³-hybridized carbons (Fsp3) is 0.778. The van der Waals surface area contributed by atoms with Crippen LogP contribution in [0.4, 0.5) is 4.79 Å². The molecule has 1 unspecified atom stereocenters. The van der Waals surface area contributed by atoms with Crippen molar-refractivity contribution in [2.45, 2.75) is 58.2 Å². The monoisotopic (exact) mass is 349 g/mol. The van der Waals surface area contributed by atoms with Crippen LogP contribution in [0.2, 0.25) is 0 Å². The van der Waals surface area contributed by atoms with Crippen molar-refractivity contribution >= 4 is 6.03 Å². The lowest BCUT2D eigenvalue weighted by Gasteiger charge is -2.44.